The standard InChI is InChI=1S/C14H20FNO3/c1-14(6-5-7-16-14)11-12(18-3)9(15)8-10(17-2)13(11)19-4/h8,16H,5-7H2,1-4H3. The van der Waals surface area contributed by atoms with Gasteiger partial charge in [-0.05, 0) is 26.3 Å². The van der Waals surface area contributed by atoms with E-state index in [-0.39, 0.29) is 11.3 Å². The van der Waals surface area contributed by atoms with E-state index in [1.165, 1.54) is 20.3 Å². The molecule has 0 amide bonds. The number of hydrogen-bond acceptors (Lipinski definition) is 4. The van der Waals surface area contributed by atoms with Gasteiger partial charge in [-0.25, -0.2) is 4.39 Å². The summed E-state index contributed by atoms with van der Waals surface area (Å²) in [6.45, 7) is 2.92. The van der Waals surface area contributed by atoms with Crippen LogP contribution in [0.3, 0.4) is 0 Å². The van der Waals surface area contributed by atoms with Crippen molar-refractivity contribution in [1.82, 2.24) is 5.32 Å². The minimum Gasteiger partial charge on any atom is -0.493 e. The predicted molar refractivity (Wildman–Crippen MR) is 70.6 cm³/mol. The lowest BCUT2D eigenvalue weighted by Crippen LogP contribution is -2.34. The first kappa shape index (κ1) is 13.9. The van der Waals surface area contributed by atoms with Gasteiger partial charge in [0.05, 0.1) is 26.9 Å². The first-order chi connectivity index (χ1) is 9.07. The molecule has 1 unspecified atom stereocenters. The Balaban J connectivity index is 2.70. The summed E-state index contributed by atoms with van der Waals surface area (Å²) in [6.07, 6.45) is 1.92. The van der Waals surface area contributed by atoms with Crippen LogP contribution in [0.1, 0.15) is 25.3 Å². The normalized spacial score (nSPS) is 22.4. The van der Waals surface area contributed by atoms with Crippen LogP contribution < -0.4 is 19.5 Å². The molecule has 0 aliphatic carbocycles. The second-order valence-corrected chi connectivity index (χ2v) is 4.86. The monoisotopic (exact) mass is 269 g/mol. The molecule has 0 aromatic heterocycles. The highest BCUT2D eigenvalue weighted by Crippen LogP contribution is 2.47. The Bertz CT molecular complexity index is 470. The quantitative estimate of drug-likeness (QED) is 0.911. The van der Waals surface area contributed by atoms with Gasteiger partial charge in [-0.15, -0.1) is 0 Å². The van der Waals surface area contributed by atoms with E-state index in [0.717, 1.165) is 19.4 Å². The van der Waals surface area contributed by atoms with Gasteiger partial charge < -0.3 is 19.5 Å². The fraction of sp³-hybridized carbons (Fsp3) is 0.571. The maximum Gasteiger partial charge on any atom is 0.169 e. The van der Waals surface area contributed by atoms with E-state index < -0.39 is 5.82 Å². The molecule has 1 aromatic carbocycles. The molecule has 1 aromatic rings. The number of rotatable bonds is 4. The van der Waals surface area contributed by atoms with E-state index in [1.807, 2.05) is 6.92 Å². The molecular weight excluding hydrogens is 249 g/mol. The third-order valence-electron chi connectivity index (χ3n) is 3.70. The van der Waals surface area contributed by atoms with Crippen molar-refractivity contribution in [1.29, 1.82) is 0 Å². The second-order valence-electron chi connectivity index (χ2n) is 4.86. The predicted octanol–water partition coefficient (Wildman–Crippen LogP) is 2.45. The average Bonchev–Trinajstić information content (AvgIpc) is 2.85. The SMILES string of the molecule is COc1cc(F)c(OC)c(C2(C)CCCN2)c1OC. The highest BCUT2D eigenvalue weighted by atomic mass is 19.1. The van der Waals surface area contributed by atoms with Crippen LogP contribution in [0.25, 0.3) is 0 Å². The third kappa shape index (κ3) is 2.23. The summed E-state index contributed by atoms with van der Waals surface area (Å²) in [6, 6.07) is 1.29. The first-order valence-corrected chi connectivity index (χ1v) is 6.31. The van der Waals surface area contributed by atoms with Crippen molar-refractivity contribution in [3.8, 4) is 17.2 Å². The van der Waals surface area contributed by atoms with E-state index in [9.17, 15) is 4.39 Å². The fourth-order valence-electron chi connectivity index (χ4n) is 2.75. The maximum atomic E-state index is 14.1. The lowest BCUT2D eigenvalue weighted by Gasteiger charge is -2.29. The van der Waals surface area contributed by atoms with Gasteiger partial charge >= 0.3 is 0 Å². The zero-order chi connectivity index (χ0) is 14.0. The van der Waals surface area contributed by atoms with Gasteiger partial charge in [-0.1, -0.05) is 0 Å². The molecule has 1 heterocycles. The zero-order valence-electron chi connectivity index (χ0n) is 11.8. The van der Waals surface area contributed by atoms with Gasteiger partial charge in [0.15, 0.2) is 23.1 Å². The van der Waals surface area contributed by atoms with Crippen LogP contribution in [0.15, 0.2) is 6.07 Å². The van der Waals surface area contributed by atoms with E-state index in [0.29, 0.717) is 17.1 Å². The van der Waals surface area contributed by atoms with Crippen molar-refractivity contribution in [3.63, 3.8) is 0 Å². The largest absolute Gasteiger partial charge is 0.493 e. The summed E-state index contributed by atoms with van der Waals surface area (Å²) < 4.78 is 30.0. The van der Waals surface area contributed by atoms with Crippen molar-refractivity contribution in [2.45, 2.75) is 25.3 Å². The van der Waals surface area contributed by atoms with Crippen molar-refractivity contribution in [2.75, 3.05) is 27.9 Å². The molecule has 0 radical (unpaired) electrons. The fourth-order valence-corrected chi connectivity index (χ4v) is 2.75. The maximum absolute atomic E-state index is 14.1. The van der Waals surface area contributed by atoms with Crippen LogP contribution in [0.5, 0.6) is 17.2 Å². The molecule has 106 valence electrons. The van der Waals surface area contributed by atoms with Gasteiger partial charge in [0.25, 0.3) is 0 Å². The van der Waals surface area contributed by atoms with Crippen molar-refractivity contribution >= 4 is 0 Å². The van der Waals surface area contributed by atoms with Crippen LogP contribution >= 0.6 is 0 Å². The van der Waals surface area contributed by atoms with Gasteiger partial charge in [-0.2, -0.15) is 0 Å². The van der Waals surface area contributed by atoms with Gasteiger partial charge in [0, 0.05) is 11.6 Å². The molecule has 1 fully saturated rings. The van der Waals surface area contributed by atoms with Crippen LogP contribution in [-0.2, 0) is 5.54 Å². The van der Waals surface area contributed by atoms with E-state index in [2.05, 4.69) is 5.32 Å². The Morgan fingerprint density at radius 3 is 2.32 bits per heavy atom. The Labute approximate surface area is 112 Å². The molecule has 4 nitrogen and oxygen atoms in total. The van der Waals surface area contributed by atoms with Crippen LogP contribution in [0.2, 0.25) is 0 Å². The summed E-state index contributed by atoms with van der Waals surface area (Å²) in [7, 11) is 4.51. The third-order valence-corrected chi connectivity index (χ3v) is 3.70. The van der Waals surface area contributed by atoms with Crippen molar-refractivity contribution in [2.24, 2.45) is 0 Å². The van der Waals surface area contributed by atoms with Crippen LogP contribution in [-0.4, -0.2) is 27.9 Å². The van der Waals surface area contributed by atoms with E-state index in [1.54, 1.807) is 7.11 Å². The summed E-state index contributed by atoms with van der Waals surface area (Å²) in [4.78, 5) is 0. The number of nitrogens with one attached hydrogen (secondary N) is 1. The number of benzene rings is 1. The molecule has 1 N–H and O–H groups in total. The summed E-state index contributed by atoms with van der Waals surface area (Å²) in [5.74, 6) is 0.683. The lowest BCUT2D eigenvalue weighted by molar-refractivity contribution is 0.307. The van der Waals surface area contributed by atoms with Crippen LogP contribution in [0, 0.1) is 5.82 Å². The van der Waals surface area contributed by atoms with Gasteiger partial charge in [0.1, 0.15) is 0 Å². The van der Waals surface area contributed by atoms with Crippen molar-refractivity contribution in [3.05, 3.63) is 17.4 Å². The smallest absolute Gasteiger partial charge is 0.169 e. The second kappa shape index (κ2) is 5.25. The van der Waals surface area contributed by atoms with Gasteiger partial charge in [-0.3, -0.25) is 0 Å². The molecule has 0 spiro atoms. The minimum atomic E-state index is -0.440. The summed E-state index contributed by atoms with van der Waals surface area (Å²) >= 11 is 0. The van der Waals surface area contributed by atoms with Gasteiger partial charge in [0.2, 0.25) is 0 Å². The molecule has 1 atom stereocenters. The minimum absolute atomic E-state index is 0.217. The first-order valence-electron chi connectivity index (χ1n) is 6.31. The number of hydrogen-bond donors (Lipinski definition) is 1. The Kier molecular flexibility index (Phi) is 3.85. The number of ether oxygens (including phenoxy) is 3. The molecular formula is C14H20FNO3. The summed E-state index contributed by atoms with van der Waals surface area (Å²) in [5, 5.41) is 3.40. The highest BCUT2D eigenvalue weighted by molar-refractivity contribution is 5.58. The Hall–Kier alpha value is -1.49. The van der Waals surface area contributed by atoms with E-state index in [4.69, 9.17) is 14.2 Å². The average molecular weight is 269 g/mol. The van der Waals surface area contributed by atoms with E-state index >= 15 is 0 Å². The Morgan fingerprint density at radius 2 is 1.84 bits per heavy atom. The summed E-state index contributed by atoms with van der Waals surface area (Å²) in [5.41, 5.74) is 0.318. The topological polar surface area (TPSA) is 39.7 Å². The highest BCUT2D eigenvalue weighted by Gasteiger charge is 2.38. The molecule has 1 aliphatic heterocycles. The molecule has 0 saturated carbocycles. The lowest BCUT2D eigenvalue weighted by atomic mass is 9.88. The Morgan fingerprint density at radius 1 is 1.16 bits per heavy atom. The number of halogens is 1. The molecule has 19 heavy (non-hydrogen) atoms. The molecule has 5 heteroatoms. The molecule has 1 aliphatic rings. The zero-order valence-corrected chi connectivity index (χ0v) is 11.8. The molecule has 0 bridgehead atoms. The molecule has 1 saturated heterocycles. The molecule has 2 rings (SSSR count). The number of methoxy groups -OCH3 is 3. The van der Waals surface area contributed by atoms with Crippen molar-refractivity contribution < 1.29 is 18.6 Å². The van der Waals surface area contributed by atoms with Crippen LogP contribution in [0.4, 0.5) is 4.39 Å².